The number of methoxy groups -OCH3 is 1. The lowest BCUT2D eigenvalue weighted by atomic mass is 10.5. The maximum absolute atomic E-state index is 4.87. The Morgan fingerprint density at radius 3 is 3.09 bits per heavy atom. The van der Waals surface area contributed by atoms with E-state index in [1.807, 2.05) is 7.05 Å². The topological polar surface area (TPSA) is 47.0 Å². The molecule has 0 aromatic carbocycles. The third-order valence-electron chi connectivity index (χ3n) is 1.24. The number of ether oxygens (including phenoxy) is 1. The first kappa shape index (κ1) is 7.94. The average Bonchev–Trinajstić information content (AvgIpc) is 2.06. The average molecular weight is 153 g/mol. The minimum Gasteiger partial charge on any atom is -0.377 e. The van der Waals surface area contributed by atoms with Gasteiger partial charge in [-0.3, -0.25) is 0 Å². The van der Waals surface area contributed by atoms with Crippen LogP contribution in [0.2, 0.25) is 0 Å². The number of rotatable bonds is 3. The predicted molar refractivity (Wildman–Crippen MR) is 42.3 cm³/mol. The Kier molecular flexibility index (Phi) is 2.80. The van der Waals surface area contributed by atoms with Crippen molar-refractivity contribution in [3.8, 4) is 0 Å². The zero-order chi connectivity index (χ0) is 8.10. The molecular formula is C7H11N3O. The van der Waals surface area contributed by atoms with Gasteiger partial charge in [-0.2, -0.15) is 0 Å². The molecule has 0 amide bonds. The minimum atomic E-state index is 0.454. The first-order valence-electron chi connectivity index (χ1n) is 3.35. The van der Waals surface area contributed by atoms with Crippen LogP contribution in [-0.2, 0) is 11.3 Å². The van der Waals surface area contributed by atoms with E-state index in [-0.39, 0.29) is 0 Å². The lowest BCUT2D eigenvalue weighted by Gasteiger charge is -2.00. The van der Waals surface area contributed by atoms with Crippen LogP contribution in [-0.4, -0.2) is 24.1 Å². The Morgan fingerprint density at radius 1 is 1.64 bits per heavy atom. The van der Waals surface area contributed by atoms with Crippen LogP contribution in [0.1, 0.15) is 5.82 Å². The van der Waals surface area contributed by atoms with E-state index < -0.39 is 0 Å². The number of aromatic nitrogens is 2. The SMILES string of the molecule is CNc1ccnc(COC)n1. The highest BCUT2D eigenvalue weighted by molar-refractivity contribution is 5.31. The maximum Gasteiger partial charge on any atom is 0.156 e. The molecule has 0 aliphatic carbocycles. The minimum absolute atomic E-state index is 0.454. The number of nitrogens with one attached hydrogen (secondary N) is 1. The van der Waals surface area contributed by atoms with Crippen molar-refractivity contribution in [3.05, 3.63) is 18.1 Å². The Balaban J connectivity index is 2.74. The second kappa shape index (κ2) is 3.88. The molecule has 0 saturated heterocycles. The largest absolute Gasteiger partial charge is 0.377 e. The fourth-order valence-corrected chi connectivity index (χ4v) is 0.737. The molecule has 60 valence electrons. The van der Waals surface area contributed by atoms with Crippen LogP contribution < -0.4 is 5.32 Å². The van der Waals surface area contributed by atoms with Crippen molar-refractivity contribution in [3.63, 3.8) is 0 Å². The van der Waals surface area contributed by atoms with Crippen LogP contribution in [0.25, 0.3) is 0 Å². The Morgan fingerprint density at radius 2 is 2.45 bits per heavy atom. The molecule has 1 aromatic rings. The molecule has 0 spiro atoms. The second-order valence-corrected chi connectivity index (χ2v) is 2.04. The smallest absolute Gasteiger partial charge is 0.156 e. The van der Waals surface area contributed by atoms with Crippen LogP contribution in [0, 0.1) is 0 Å². The van der Waals surface area contributed by atoms with Gasteiger partial charge in [0, 0.05) is 20.4 Å². The summed E-state index contributed by atoms with van der Waals surface area (Å²) in [5.74, 6) is 1.51. The summed E-state index contributed by atoms with van der Waals surface area (Å²) in [6.45, 7) is 0.454. The van der Waals surface area contributed by atoms with Crippen LogP contribution in [0.4, 0.5) is 5.82 Å². The third kappa shape index (κ3) is 2.16. The summed E-state index contributed by atoms with van der Waals surface area (Å²) in [4.78, 5) is 8.13. The van der Waals surface area contributed by atoms with Gasteiger partial charge in [0.1, 0.15) is 12.4 Å². The van der Waals surface area contributed by atoms with Crippen molar-refractivity contribution in [1.29, 1.82) is 0 Å². The van der Waals surface area contributed by atoms with Gasteiger partial charge in [-0.25, -0.2) is 9.97 Å². The molecule has 0 unspecified atom stereocenters. The van der Waals surface area contributed by atoms with Gasteiger partial charge in [0.2, 0.25) is 0 Å². The molecule has 4 heteroatoms. The Labute approximate surface area is 65.6 Å². The Hall–Kier alpha value is -1.16. The molecule has 1 aromatic heterocycles. The van der Waals surface area contributed by atoms with Gasteiger partial charge in [-0.1, -0.05) is 0 Å². The van der Waals surface area contributed by atoms with E-state index in [2.05, 4.69) is 15.3 Å². The summed E-state index contributed by atoms with van der Waals surface area (Å²) in [5, 5.41) is 2.92. The highest BCUT2D eigenvalue weighted by Gasteiger charge is 1.94. The summed E-state index contributed by atoms with van der Waals surface area (Å²) in [6.07, 6.45) is 1.70. The van der Waals surface area contributed by atoms with Gasteiger partial charge >= 0.3 is 0 Å². The van der Waals surface area contributed by atoms with Crippen LogP contribution >= 0.6 is 0 Å². The molecule has 0 saturated carbocycles. The summed E-state index contributed by atoms with van der Waals surface area (Å²) >= 11 is 0. The Bertz CT molecular complexity index is 227. The maximum atomic E-state index is 4.87. The van der Waals surface area contributed by atoms with E-state index in [4.69, 9.17) is 4.74 Å². The monoisotopic (exact) mass is 153 g/mol. The normalized spacial score (nSPS) is 9.64. The van der Waals surface area contributed by atoms with Crippen LogP contribution in [0.3, 0.4) is 0 Å². The van der Waals surface area contributed by atoms with Gasteiger partial charge in [-0.15, -0.1) is 0 Å². The molecule has 4 nitrogen and oxygen atoms in total. The van der Waals surface area contributed by atoms with Crippen LogP contribution in [0.5, 0.6) is 0 Å². The van der Waals surface area contributed by atoms with E-state index >= 15 is 0 Å². The summed E-state index contributed by atoms with van der Waals surface area (Å²) in [7, 11) is 3.44. The highest BCUT2D eigenvalue weighted by atomic mass is 16.5. The van der Waals surface area contributed by atoms with Gasteiger partial charge in [0.25, 0.3) is 0 Å². The third-order valence-corrected chi connectivity index (χ3v) is 1.24. The molecule has 0 atom stereocenters. The number of hydrogen-bond acceptors (Lipinski definition) is 4. The van der Waals surface area contributed by atoms with Gasteiger partial charge in [0.05, 0.1) is 0 Å². The zero-order valence-corrected chi connectivity index (χ0v) is 6.66. The fraction of sp³-hybridized carbons (Fsp3) is 0.429. The zero-order valence-electron chi connectivity index (χ0n) is 6.66. The van der Waals surface area contributed by atoms with Crippen molar-refractivity contribution in [2.75, 3.05) is 19.5 Å². The molecule has 1 N–H and O–H groups in total. The van der Waals surface area contributed by atoms with Crippen molar-refractivity contribution in [1.82, 2.24) is 9.97 Å². The summed E-state index contributed by atoms with van der Waals surface area (Å²) in [6, 6.07) is 1.80. The molecule has 1 rings (SSSR count). The second-order valence-electron chi connectivity index (χ2n) is 2.04. The van der Waals surface area contributed by atoms with E-state index in [9.17, 15) is 0 Å². The molecule has 0 aliphatic rings. The lowest BCUT2D eigenvalue weighted by Crippen LogP contribution is -1.99. The predicted octanol–water partition coefficient (Wildman–Crippen LogP) is 0.665. The summed E-state index contributed by atoms with van der Waals surface area (Å²) < 4.78 is 4.87. The number of nitrogens with zero attached hydrogens (tertiary/aromatic N) is 2. The van der Waals surface area contributed by atoms with E-state index in [1.165, 1.54) is 0 Å². The fourth-order valence-electron chi connectivity index (χ4n) is 0.737. The van der Waals surface area contributed by atoms with Crippen molar-refractivity contribution < 1.29 is 4.74 Å². The first-order valence-corrected chi connectivity index (χ1v) is 3.35. The highest BCUT2D eigenvalue weighted by Crippen LogP contribution is 2.00. The van der Waals surface area contributed by atoms with Gasteiger partial charge in [0.15, 0.2) is 5.82 Å². The van der Waals surface area contributed by atoms with Crippen molar-refractivity contribution >= 4 is 5.82 Å². The van der Waals surface area contributed by atoms with Crippen LogP contribution in [0.15, 0.2) is 12.3 Å². The quantitative estimate of drug-likeness (QED) is 0.693. The van der Waals surface area contributed by atoms with Crippen molar-refractivity contribution in [2.24, 2.45) is 0 Å². The van der Waals surface area contributed by atoms with Gasteiger partial charge in [-0.05, 0) is 6.07 Å². The molecule has 0 radical (unpaired) electrons. The molecule has 0 bridgehead atoms. The summed E-state index contributed by atoms with van der Waals surface area (Å²) in [5.41, 5.74) is 0. The van der Waals surface area contributed by atoms with E-state index in [0.717, 1.165) is 5.82 Å². The molecule has 0 aliphatic heterocycles. The lowest BCUT2D eigenvalue weighted by molar-refractivity contribution is 0.178. The number of anilines is 1. The molecular weight excluding hydrogens is 142 g/mol. The molecule has 11 heavy (non-hydrogen) atoms. The number of hydrogen-bond donors (Lipinski definition) is 1. The van der Waals surface area contributed by atoms with Crippen molar-refractivity contribution in [2.45, 2.75) is 6.61 Å². The molecule has 0 fully saturated rings. The van der Waals surface area contributed by atoms with Gasteiger partial charge < -0.3 is 10.1 Å². The first-order chi connectivity index (χ1) is 5.36. The molecule has 1 heterocycles. The van der Waals surface area contributed by atoms with E-state index in [1.54, 1.807) is 19.4 Å². The van der Waals surface area contributed by atoms with E-state index in [0.29, 0.717) is 12.4 Å². The standard InChI is InChI=1S/C7H11N3O/c1-8-6-3-4-9-7(10-6)5-11-2/h3-4H,5H2,1-2H3,(H,8,9,10).